The molecule has 53 heavy (non-hydrogen) atoms. The number of aromatic nitrogens is 2. The zero-order valence-corrected chi connectivity index (χ0v) is 29.8. The lowest BCUT2D eigenvalue weighted by Gasteiger charge is -2.34. The van der Waals surface area contributed by atoms with E-state index in [4.69, 9.17) is 10.5 Å². The molecule has 5 aliphatic heterocycles. The highest BCUT2D eigenvalue weighted by Crippen LogP contribution is 2.35. The molecule has 0 aliphatic carbocycles. The van der Waals surface area contributed by atoms with Gasteiger partial charge in [-0.2, -0.15) is 0 Å². The third kappa shape index (κ3) is 7.08. The van der Waals surface area contributed by atoms with Gasteiger partial charge in [0.1, 0.15) is 11.9 Å². The molecule has 2 atom stereocenters. The van der Waals surface area contributed by atoms with Gasteiger partial charge in [0.25, 0.3) is 17.7 Å². The van der Waals surface area contributed by atoms with E-state index >= 15 is 0 Å². The van der Waals surface area contributed by atoms with Crippen molar-refractivity contribution in [3.05, 3.63) is 83.3 Å². The molecule has 0 bridgehead atoms. The molecule has 6 heterocycles. The zero-order chi connectivity index (χ0) is 36.6. The van der Waals surface area contributed by atoms with E-state index in [0.717, 1.165) is 68.3 Å². The molecule has 14 heteroatoms. The van der Waals surface area contributed by atoms with E-state index in [9.17, 15) is 19.2 Å². The van der Waals surface area contributed by atoms with Gasteiger partial charge in [-0.25, -0.2) is 9.97 Å². The number of nitrogens with zero attached hydrogens (tertiary/aromatic N) is 6. The van der Waals surface area contributed by atoms with Crippen LogP contribution in [0.15, 0.2) is 60.9 Å². The van der Waals surface area contributed by atoms with Crippen LogP contribution in [0.4, 0.5) is 23.0 Å². The van der Waals surface area contributed by atoms with Gasteiger partial charge in [0.05, 0.1) is 30.5 Å². The molecule has 4 saturated heterocycles. The predicted molar refractivity (Wildman–Crippen MR) is 199 cm³/mol. The number of nitrogens with two attached hydrogens (primary N) is 1. The number of hydrogen-bond donors (Lipinski definition) is 3. The van der Waals surface area contributed by atoms with Crippen molar-refractivity contribution in [3.63, 3.8) is 0 Å². The van der Waals surface area contributed by atoms with Gasteiger partial charge in [0.2, 0.25) is 5.91 Å². The minimum Gasteiger partial charge on any atom is -0.378 e. The van der Waals surface area contributed by atoms with Gasteiger partial charge in [0, 0.05) is 49.8 Å². The molecular weight excluding hydrogens is 674 g/mol. The Morgan fingerprint density at radius 3 is 2.42 bits per heavy atom. The molecule has 0 spiro atoms. The predicted octanol–water partition coefficient (Wildman–Crippen LogP) is 3.25. The SMILES string of the molecule is C=C1CCC(N2C(=O)c3ccc(N4CC[C@H](CN5CCC(c6ccc(Nc7nc(N8CCOCC8)cnc7C(N)=O)cc6)CC5)C4)cc3C2=O)C(=O)N1. The number of carbonyl (C=O) groups excluding carboxylic acids is 4. The number of ether oxygens (including phenoxy) is 1. The molecular formula is C39H45N9O5. The van der Waals surface area contributed by atoms with E-state index in [1.54, 1.807) is 12.3 Å². The lowest BCUT2D eigenvalue weighted by Crippen LogP contribution is -2.51. The maximum absolute atomic E-state index is 13.4. The Balaban J connectivity index is 0.835. The van der Waals surface area contributed by atoms with Crippen molar-refractivity contribution < 1.29 is 23.9 Å². The van der Waals surface area contributed by atoms with Crippen molar-refractivity contribution >= 4 is 46.6 Å². The number of morpholine rings is 1. The first-order chi connectivity index (χ1) is 25.7. The zero-order valence-electron chi connectivity index (χ0n) is 29.8. The Morgan fingerprint density at radius 2 is 1.68 bits per heavy atom. The largest absolute Gasteiger partial charge is 0.378 e. The summed E-state index contributed by atoms with van der Waals surface area (Å²) in [4.78, 5) is 68.4. The molecule has 4 amide bonds. The first-order valence-electron chi connectivity index (χ1n) is 18.6. The first-order valence-corrected chi connectivity index (χ1v) is 18.6. The highest BCUT2D eigenvalue weighted by Gasteiger charge is 2.44. The number of rotatable bonds is 9. The van der Waals surface area contributed by atoms with Gasteiger partial charge < -0.3 is 35.8 Å². The number of benzene rings is 2. The summed E-state index contributed by atoms with van der Waals surface area (Å²) in [7, 11) is 0. The number of carbonyl (C=O) groups is 4. The number of hydrogen-bond acceptors (Lipinski definition) is 11. The van der Waals surface area contributed by atoms with Crippen molar-refractivity contribution in [2.45, 2.75) is 44.1 Å². The lowest BCUT2D eigenvalue weighted by molar-refractivity contribution is -0.125. The van der Waals surface area contributed by atoms with Gasteiger partial charge in [-0.3, -0.25) is 24.1 Å². The molecule has 14 nitrogen and oxygen atoms in total. The van der Waals surface area contributed by atoms with Crippen LogP contribution in [0.5, 0.6) is 0 Å². The van der Waals surface area contributed by atoms with Gasteiger partial charge in [-0.15, -0.1) is 0 Å². The van der Waals surface area contributed by atoms with Crippen LogP contribution in [0.1, 0.15) is 74.8 Å². The quantitative estimate of drug-likeness (QED) is 0.278. The Kier molecular flexibility index (Phi) is 9.56. The van der Waals surface area contributed by atoms with E-state index < -0.39 is 23.8 Å². The van der Waals surface area contributed by atoms with Crippen molar-refractivity contribution in [2.75, 3.05) is 74.1 Å². The van der Waals surface area contributed by atoms with Crippen molar-refractivity contribution in [3.8, 4) is 0 Å². The van der Waals surface area contributed by atoms with Crippen LogP contribution < -0.4 is 26.2 Å². The average Bonchev–Trinajstić information content (AvgIpc) is 3.74. The number of fused-ring (bicyclic) bond motifs is 1. The number of anilines is 4. The highest BCUT2D eigenvalue weighted by atomic mass is 16.5. The van der Waals surface area contributed by atoms with E-state index in [1.165, 1.54) is 5.56 Å². The van der Waals surface area contributed by atoms with Crippen LogP contribution >= 0.6 is 0 Å². The normalized spacial score (nSPS) is 22.7. The number of likely N-dealkylation sites (tertiary alicyclic amines) is 1. The second-order valence-corrected chi connectivity index (χ2v) is 14.7. The number of piperidine rings is 2. The topological polar surface area (TPSA) is 166 Å². The summed E-state index contributed by atoms with van der Waals surface area (Å²) in [5.41, 5.74) is 10.1. The Bertz CT molecular complexity index is 1940. The van der Waals surface area contributed by atoms with Gasteiger partial charge in [-0.05, 0) is 92.9 Å². The number of nitrogens with one attached hydrogen (secondary N) is 2. The monoisotopic (exact) mass is 719 g/mol. The molecule has 0 radical (unpaired) electrons. The summed E-state index contributed by atoms with van der Waals surface area (Å²) < 4.78 is 5.45. The van der Waals surface area contributed by atoms with Crippen LogP contribution in [0, 0.1) is 5.92 Å². The number of primary amides is 1. The second-order valence-electron chi connectivity index (χ2n) is 14.7. The van der Waals surface area contributed by atoms with Crippen LogP contribution in [0.3, 0.4) is 0 Å². The Labute approximate surface area is 308 Å². The average molecular weight is 720 g/mol. The van der Waals surface area contributed by atoms with E-state index in [1.807, 2.05) is 24.3 Å². The maximum Gasteiger partial charge on any atom is 0.271 e. The summed E-state index contributed by atoms with van der Waals surface area (Å²) in [5, 5.41) is 5.95. The summed E-state index contributed by atoms with van der Waals surface area (Å²) in [5.74, 6) is 0.209. The van der Waals surface area contributed by atoms with Gasteiger partial charge in [-0.1, -0.05) is 18.7 Å². The van der Waals surface area contributed by atoms with Crippen molar-refractivity contribution in [1.29, 1.82) is 0 Å². The molecule has 8 rings (SSSR count). The fraction of sp³-hybridized carbons (Fsp3) is 0.436. The summed E-state index contributed by atoms with van der Waals surface area (Å²) in [6.45, 7) is 11.3. The van der Waals surface area contributed by atoms with Crippen LogP contribution in [0.25, 0.3) is 0 Å². The number of amides is 4. The van der Waals surface area contributed by atoms with Crippen molar-refractivity contribution in [2.24, 2.45) is 11.7 Å². The molecule has 5 aliphatic rings. The fourth-order valence-corrected chi connectivity index (χ4v) is 8.33. The van der Waals surface area contributed by atoms with Crippen LogP contribution in [0.2, 0.25) is 0 Å². The van der Waals surface area contributed by atoms with E-state index in [-0.39, 0.29) is 11.6 Å². The van der Waals surface area contributed by atoms with E-state index in [2.05, 4.69) is 54.0 Å². The number of imide groups is 1. The fourth-order valence-electron chi connectivity index (χ4n) is 8.33. The third-order valence-corrected chi connectivity index (χ3v) is 11.3. The molecule has 4 fully saturated rings. The van der Waals surface area contributed by atoms with Crippen molar-refractivity contribution in [1.82, 2.24) is 25.1 Å². The Morgan fingerprint density at radius 1 is 0.925 bits per heavy atom. The van der Waals surface area contributed by atoms with Crippen LogP contribution in [-0.4, -0.2) is 108 Å². The number of allylic oxidation sites excluding steroid dienone is 1. The van der Waals surface area contributed by atoms with Crippen LogP contribution in [-0.2, 0) is 9.53 Å². The molecule has 3 aromatic rings. The lowest BCUT2D eigenvalue weighted by atomic mass is 9.89. The minimum absolute atomic E-state index is 0.105. The maximum atomic E-state index is 13.4. The highest BCUT2D eigenvalue weighted by molar-refractivity contribution is 6.23. The molecule has 0 saturated carbocycles. The molecule has 1 unspecified atom stereocenters. The minimum atomic E-state index is -0.809. The smallest absolute Gasteiger partial charge is 0.271 e. The van der Waals surface area contributed by atoms with Gasteiger partial charge >= 0.3 is 0 Å². The third-order valence-electron chi connectivity index (χ3n) is 11.3. The summed E-state index contributed by atoms with van der Waals surface area (Å²) >= 11 is 0. The second kappa shape index (κ2) is 14.6. The van der Waals surface area contributed by atoms with Gasteiger partial charge in [0.15, 0.2) is 11.5 Å². The molecule has 1 aromatic heterocycles. The summed E-state index contributed by atoms with van der Waals surface area (Å²) in [6, 6.07) is 13.0. The standard InChI is InChI=1S/C39H45N9O5/c1-24-2-9-32(37(50)42-24)48-38(51)30-8-7-29(20-31(30)39(48)52)47-15-10-25(23-47)22-45-13-11-27(12-14-45)26-3-5-28(6-4-26)43-36-34(35(40)49)41-21-33(44-36)46-16-18-53-19-17-46/h3-8,20-21,25,27,32H,1-2,9-19,22-23H2,(H2,40,49)(H,42,50)(H,43,44)/t25-,32?/m1/s1. The summed E-state index contributed by atoms with van der Waals surface area (Å²) in [6.07, 6.45) is 5.73. The molecule has 2 aromatic carbocycles. The molecule has 276 valence electrons. The Hall–Kier alpha value is -5.34. The first kappa shape index (κ1) is 34.7. The molecule has 4 N–H and O–H groups in total. The van der Waals surface area contributed by atoms with E-state index in [0.29, 0.717) is 79.4 Å².